The number of anilines is 1. The molecule has 10 heteroatoms. The van der Waals surface area contributed by atoms with Crippen molar-refractivity contribution in [2.75, 3.05) is 57.4 Å². The van der Waals surface area contributed by atoms with Crippen LogP contribution in [0.1, 0.15) is 12.2 Å². The van der Waals surface area contributed by atoms with Gasteiger partial charge in [0.15, 0.2) is 5.82 Å². The Balaban J connectivity index is 1.25. The Morgan fingerprint density at radius 2 is 1.79 bits per heavy atom. The van der Waals surface area contributed by atoms with Crippen LogP contribution in [-0.4, -0.2) is 93.4 Å². The summed E-state index contributed by atoms with van der Waals surface area (Å²) in [4.78, 5) is 23.2. The molecule has 1 amide bonds. The summed E-state index contributed by atoms with van der Waals surface area (Å²) in [5, 5.41) is 12.0. The van der Waals surface area contributed by atoms with Gasteiger partial charge in [0.05, 0.1) is 26.3 Å². The van der Waals surface area contributed by atoms with Crippen molar-refractivity contribution in [3.63, 3.8) is 0 Å². The second-order valence-electron chi connectivity index (χ2n) is 7.03. The summed E-state index contributed by atoms with van der Waals surface area (Å²) >= 11 is 0. The molecule has 150 valence electrons. The van der Waals surface area contributed by atoms with Gasteiger partial charge in [0, 0.05) is 63.8 Å². The van der Waals surface area contributed by atoms with Gasteiger partial charge in [-0.2, -0.15) is 0 Å². The van der Waals surface area contributed by atoms with E-state index in [1.165, 1.54) is 0 Å². The van der Waals surface area contributed by atoms with Crippen LogP contribution < -0.4 is 4.90 Å². The molecule has 0 aromatic carbocycles. The number of tetrazole rings is 1. The Morgan fingerprint density at radius 1 is 1.04 bits per heavy atom. The third kappa shape index (κ3) is 4.63. The Hall–Kier alpha value is -2.59. The first-order valence-corrected chi connectivity index (χ1v) is 9.77. The number of morpholine rings is 1. The smallest absolute Gasteiger partial charge is 0.224 e. The number of piperazine rings is 1. The lowest BCUT2D eigenvalue weighted by atomic mass is 10.2. The van der Waals surface area contributed by atoms with Crippen LogP contribution in [0.15, 0.2) is 24.5 Å². The molecule has 0 radical (unpaired) electrons. The van der Waals surface area contributed by atoms with Crippen molar-refractivity contribution in [1.82, 2.24) is 35.0 Å². The van der Waals surface area contributed by atoms with Gasteiger partial charge >= 0.3 is 0 Å². The average molecular weight is 386 g/mol. The van der Waals surface area contributed by atoms with Crippen LogP contribution in [0.3, 0.4) is 0 Å². The minimum Gasteiger partial charge on any atom is -0.379 e. The standard InChI is InChI=1S/C18H26N8O2/c27-18(25-9-7-24(8-10-25)16-1-4-19-5-2-16)3-6-26-17(20-21-22-26)15-23-11-13-28-14-12-23/h1-2,4-5H,3,6-15H2. The number of nitrogens with zero attached hydrogens (tertiary/aromatic N) is 8. The van der Waals surface area contributed by atoms with Gasteiger partial charge in [0.2, 0.25) is 5.91 Å². The van der Waals surface area contributed by atoms with E-state index in [1.54, 1.807) is 17.1 Å². The number of carbonyl (C=O) groups is 1. The van der Waals surface area contributed by atoms with Gasteiger partial charge in [-0.15, -0.1) is 5.10 Å². The highest BCUT2D eigenvalue weighted by atomic mass is 16.5. The summed E-state index contributed by atoms with van der Waals surface area (Å²) in [7, 11) is 0. The highest BCUT2D eigenvalue weighted by Crippen LogP contribution is 2.15. The number of amides is 1. The zero-order valence-corrected chi connectivity index (χ0v) is 16.0. The molecule has 2 saturated heterocycles. The van der Waals surface area contributed by atoms with Crippen LogP contribution in [-0.2, 0) is 22.6 Å². The second-order valence-corrected chi connectivity index (χ2v) is 7.03. The molecule has 2 aliphatic rings. The summed E-state index contributed by atoms with van der Waals surface area (Å²) < 4.78 is 7.12. The predicted octanol–water partition coefficient (Wildman–Crippen LogP) is -0.361. The first kappa shape index (κ1) is 18.8. The fraction of sp³-hybridized carbons (Fsp3) is 0.611. The largest absolute Gasteiger partial charge is 0.379 e. The Morgan fingerprint density at radius 3 is 2.54 bits per heavy atom. The van der Waals surface area contributed by atoms with E-state index in [0.717, 1.165) is 64.0 Å². The molecule has 2 fully saturated rings. The monoisotopic (exact) mass is 386 g/mol. The SMILES string of the molecule is O=C(CCn1nnnc1CN1CCOCC1)N1CCN(c2ccncc2)CC1. The van der Waals surface area contributed by atoms with Gasteiger partial charge in [-0.3, -0.25) is 14.7 Å². The van der Waals surface area contributed by atoms with Crippen LogP contribution in [0.4, 0.5) is 5.69 Å². The van der Waals surface area contributed by atoms with Gasteiger partial charge in [0.25, 0.3) is 0 Å². The van der Waals surface area contributed by atoms with Crippen molar-refractivity contribution in [2.24, 2.45) is 0 Å². The maximum absolute atomic E-state index is 12.6. The summed E-state index contributed by atoms with van der Waals surface area (Å²) in [5.41, 5.74) is 1.16. The molecule has 0 bridgehead atoms. The topological polar surface area (TPSA) is 92.5 Å². The van der Waals surface area contributed by atoms with Crippen molar-refractivity contribution in [1.29, 1.82) is 0 Å². The van der Waals surface area contributed by atoms with Crippen molar-refractivity contribution < 1.29 is 9.53 Å². The second kappa shape index (κ2) is 9.07. The van der Waals surface area contributed by atoms with Gasteiger partial charge in [0.1, 0.15) is 0 Å². The number of carbonyl (C=O) groups excluding carboxylic acids is 1. The molecule has 4 heterocycles. The number of ether oxygens (including phenoxy) is 1. The van der Waals surface area contributed by atoms with Crippen LogP contribution in [0.5, 0.6) is 0 Å². The van der Waals surface area contributed by atoms with E-state index in [0.29, 0.717) is 19.5 Å². The van der Waals surface area contributed by atoms with E-state index in [1.807, 2.05) is 17.0 Å². The van der Waals surface area contributed by atoms with Crippen LogP contribution in [0, 0.1) is 0 Å². The molecule has 0 saturated carbocycles. The van der Waals surface area contributed by atoms with E-state index >= 15 is 0 Å². The number of pyridine rings is 1. The van der Waals surface area contributed by atoms with Crippen LogP contribution >= 0.6 is 0 Å². The molecule has 10 nitrogen and oxygen atoms in total. The molecular weight excluding hydrogens is 360 g/mol. The lowest BCUT2D eigenvalue weighted by Crippen LogP contribution is -2.49. The van der Waals surface area contributed by atoms with Gasteiger partial charge in [-0.05, 0) is 22.6 Å². The summed E-state index contributed by atoms with van der Waals surface area (Å²) in [5.74, 6) is 0.958. The Bertz CT molecular complexity index is 754. The number of rotatable bonds is 6. The predicted molar refractivity (Wildman–Crippen MR) is 102 cm³/mol. The third-order valence-corrected chi connectivity index (χ3v) is 5.27. The van der Waals surface area contributed by atoms with Crippen molar-refractivity contribution in [3.05, 3.63) is 30.4 Å². The molecular formula is C18H26N8O2. The fourth-order valence-electron chi connectivity index (χ4n) is 3.60. The molecule has 28 heavy (non-hydrogen) atoms. The zero-order chi connectivity index (χ0) is 19.2. The third-order valence-electron chi connectivity index (χ3n) is 5.27. The number of aromatic nitrogens is 5. The van der Waals surface area contributed by atoms with Gasteiger partial charge < -0.3 is 14.5 Å². The molecule has 0 aliphatic carbocycles. The molecule has 0 atom stereocenters. The molecule has 2 aromatic rings. The lowest BCUT2D eigenvalue weighted by Gasteiger charge is -2.36. The first-order valence-electron chi connectivity index (χ1n) is 9.77. The van der Waals surface area contributed by atoms with Crippen molar-refractivity contribution >= 4 is 11.6 Å². The van der Waals surface area contributed by atoms with Crippen molar-refractivity contribution in [3.8, 4) is 0 Å². The highest BCUT2D eigenvalue weighted by molar-refractivity contribution is 5.76. The van der Waals surface area contributed by atoms with E-state index in [4.69, 9.17) is 4.74 Å². The Labute approximate surface area is 164 Å². The average Bonchev–Trinajstić information content (AvgIpc) is 3.20. The van der Waals surface area contributed by atoms with Crippen LogP contribution in [0.25, 0.3) is 0 Å². The first-order chi connectivity index (χ1) is 13.8. The summed E-state index contributed by atoms with van der Waals surface area (Å²) in [6.07, 6.45) is 4.01. The quantitative estimate of drug-likeness (QED) is 0.665. The maximum atomic E-state index is 12.6. The van der Waals surface area contributed by atoms with Crippen LogP contribution in [0.2, 0.25) is 0 Å². The maximum Gasteiger partial charge on any atom is 0.224 e. The number of hydrogen-bond acceptors (Lipinski definition) is 8. The highest BCUT2D eigenvalue weighted by Gasteiger charge is 2.22. The summed E-state index contributed by atoms with van der Waals surface area (Å²) in [6, 6.07) is 4.01. The van der Waals surface area contributed by atoms with Gasteiger partial charge in [-0.1, -0.05) is 0 Å². The number of hydrogen-bond donors (Lipinski definition) is 0. The number of aryl methyl sites for hydroxylation is 1. The zero-order valence-electron chi connectivity index (χ0n) is 16.0. The molecule has 4 rings (SSSR count). The van der Waals surface area contributed by atoms with E-state index in [9.17, 15) is 4.79 Å². The normalized spacial score (nSPS) is 18.4. The molecule has 0 N–H and O–H groups in total. The fourth-order valence-corrected chi connectivity index (χ4v) is 3.60. The minimum atomic E-state index is 0.155. The minimum absolute atomic E-state index is 0.155. The lowest BCUT2D eigenvalue weighted by molar-refractivity contribution is -0.131. The Kier molecular flexibility index (Phi) is 6.07. The van der Waals surface area contributed by atoms with Gasteiger partial charge in [-0.25, -0.2) is 4.68 Å². The van der Waals surface area contributed by atoms with E-state index < -0.39 is 0 Å². The summed E-state index contributed by atoms with van der Waals surface area (Å²) in [6.45, 7) is 7.59. The molecule has 0 spiro atoms. The van der Waals surface area contributed by atoms with E-state index in [-0.39, 0.29) is 5.91 Å². The van der Waals surface area contributed by atoms with E-state index in [2.05, 4.69) is 30.3 Å². The van der Waals surface area contributed by atoms with Crippen molar-refractivity contribution in [2.45, 2.75) is 19.5 Å². The molecule has 2 aliphatic heterocycles. The molecule has 2 aromatic heterocycles. The molecule has 0 unspecified atom stereocenters.